The molecule has 2 aromatic carbocycles. The van der Waals surface area contributed by atoms with Crippen molar-refractivity contribution in [1.82, 2.24) is 10.6 Å². The largest absolute Gasteiger partial charge is 0.508 e. The third kappa shape index (κ3) is 10.7. The van der Waals surface area contributed by atoms with E-state index in [-0.39, 0.29) is 23.7 Å². The van der Waals surface area contributed by atoms with Gasteiger partial charge in [0.05, 0.1) is 6.04 Å². The first-order valence-corrected chi connectivity index (χ1v) is 12.4. The van der Waals surface area contributed by atoms with Crippen molar-refractivity contribution in [2.45, 2.75) is 71.9 Å². The molecule has 2 rings (SSSR count). The van der Waals surface area contributed by atoms with Crippen LogP contribution in [0.15, 0.2) is 60.7 Å². The Kier molecular flexibility index (Phi) is 11.7. The Morgan fingerprint density at radius 2 is 1.73 bits per heavy atom. The molecule has 0 spiro atoms. The quantitative estimate of drug-likeness (QED) is 0.333. The highest BCUT2D eigenvalue weighted by Crippen LogP contribution is 2.14. The lowest BCUT2D eigenvalue weighted by molar-refractivity contribution is -0.123. The Morgan fingerprint density at radius 3 is 2.36 bits per heavy atom. The van der Waals surface area contributed by atoms with Crippen molar-refractivity contribution in [3.05, 3.63) is 71.8 Å². The highest BCUT2D eigenvalue weighted by Gasteiger charge is 2.22. The summed E-state index contributed by atoms with van der Waals surface area (Å²) in [6.45, 7) is 9.61. The van der Waals surface area contributed by atoms with Gasteiger partial charge in [-0.25, -0.2) is 0 Å². The molecule has 0 radical (unpaired) electrons. The summed E-state index contributed by atoms with van der Waals surface area (Å²) in [6, 6.07) is 17.0. The van der Waals surface area contributed by atoms with E-state index >= 15 is 0 Å². The number of rotatable bonds is 14. The monoisotopic (exact) mass is 450 g/mol. The van der Waals surface area contributed by atoms with Gasteiger partial charge in [-0.2, -0.15) is 0 Å². The van der Waals surface area contributed by atoms with Crippen LogP contribution in [0.5, 0.6) is 5.75 Å². The van der Waals surface area contributed by atoms with Crippen LogP contribution in [0.2, 0.25) is 0 Å². The number of carbonyl (C=O) groups excluding carboxylic acids is 1. The molecule has 3 atom stereocenters. The Bertz CT molecular complexity index is 830. The topological polar surface area (TPSA) is 61.4 Å². The molecular formula is C29H42N2O2. The van der Waals surface area contributed by atoms with E-state index in [1.807, 2.05) is 30.3 Å². The zero-order valence-corrected chi connectivity index (χ0v) is 20.8. The Balaban J connectivity index is 2.10. The van der Waals surface area contributed by atoms with Gasteiger partial charge in [-0.3, -0.25) is 4.79 Å². The average Bonchev–Trinajstić information content (AvgIpc) is 2.80. The molecule has 3 N–H and O–H groups in total. The molecule has 0 bridgehead atoms. The lowest BCUT2D eigenvalue weighted by Crippen LogP contribution is -2.49. The Hall–Kier alpha value is -2.59. The number of hydrogen-bond acceptors (Lipinski definition) is 3. The van der Waals surface area contributed by atoms with Crippen molar-refractivity contribution in [2.75, 3.05) is 6.54 Å². The van der Waals surface area contributed by atoms with Crippen LogP contribution in [0.4, 0.5) is 0 Å². The van der Waals surface area contributed by atoms with Gasteiger partial charge in [-0.1, -0.05) is 95.2 Å². The molecule has 0 aliphatic heterocycles. The zero-order chi connectivity index (χ0) is 24.1. The summed E-state index contributed by atoms with van der Waals surface area (Å²) >= 11 is 0. The van der Waals surface area contributed by atoms with E-state index in [1.165, 1.54) is 12.8 Å². The normalized spacial score (nSPS) is 14.3. The predicted octanol–water partition coefficient (Wildman–Crippen LogP) is 5.96. The fourth-order valence-corrected chi connectivity index (χ4v) is 3.89. The second-order valence-electron chi connectivity index (χ2n) is 9.59. The van der Waals surface area contributed by atoms with Crippen molar-refractivity contribution in [1.29, 1.82) is 0 Å². The van der Waals surface area contributed by atoms with Crippen LogP contribution in [0.3, 0.4) is 0 Å². The van der Waals surface area contributed by atoms with Crippen LogP contribution in [-0.4, -0.2) is 29.6 Å². The molecule has 0 saturated carbocycles. The second kappa shape index (κ2) is 14.5. The molecule has 4 nitrogen and oxygen atoms in total. The van der Waals surface area contributed by atoms with Gasteiger partial charge in [-0.05, 0) is 60.9 Å². The number of phenols is 1. The van der Waals surface area contributed by atoms with Gasteiger partial charge >= 0.3 is 0 Å². The van der Waals surface area contributed by atoms with E-state index in [1.54, 1.807) is 12.1 Å². The summed E-state index contributed by atoms with van der Waals surface area (Å²) in [7, 11) is 0. The number of amides is 1. The number of unbranched alkanes of at least 4 members (excludes halogenated alkanes) is 1. The third-order valence-corrected chi connectivity index (χ3v) is 5.83. The minimum Gasteiger partial charge on any atom is -0.508 e. The van der Waals surface area contributed by atoms with Gasteiger partial charge in [0.2, 0.25) is 5.91 Å². The standard InChI is InChI=1S/C29H42N2O2/c1-5-6-10-23(4)21-30-28(20-25-14-17-27(32)18-15-25)29(33)31-26(19-22(2)3)16-13-24-11-8-7-9-12-24/h7-9,11-18,22-23,26,28,30,32H,5-6,10,19-21H2,1-4H3,(H,31,33)/b16-13+/t23-,26+,28-/m0/s1. The number of carbonyl (C=O) groups is 1. The SMILES string of the molecule is CCCC[C@H](C)CN[C@@H](Cc1ccc(O)cc1)C(=O)N[C@H](/C=C/c1ccccc1)CC(C)C. The average molecular weight is 451 g/mol. The van der Waals surface area contributed by atoms with E-state index in [0.29, 0.717) is 18.3 Å². The van der Waals surface area contributed by atoms with Gasteiger partial charge < -0.3 is 15.7 Å². The first kappa shape index (κ1) is 26.7. The number of hydrogen-bond donors (Lipinski definition) is 3. The van der Waals surface area contributed by atoms with E-state index < -0.39 is 0 Å². The third-order valence-electron chi connectivity index (χ3n) is 5.83. The van der Waals surface area contributed by atoms with Crippen molar-refractivity contribution in [3.63, 3.8) is 0 Å². The van der Waals surface area contributed by atoms with E-state index in [0.717, 1.165) is 30.5 Å². The summed E-state index contributed by atoms with van der Waals surface area (Å²) < 4.78 is 0. The molecule has 2 aromatic rings. The van der Waals surface area contributed by atoms with Crippen molar-refractivity contribution in [2.24, 2.45) is 11.8 Å². The lowest BCUT2D eigenvalue weighted by Gasteiger charge is -2.24. The summed E-state index contributed by atoms with van der Waals surface area (Å²) in [5.41, 5.74) is 2.16. The van der Waals surface area contributed by atoms with E-state index in [9.17, 15) is 9.90 Å². The number of aromatic hydroxyl groups is 1. The molecule has 0 heterocycles. The van der Waals surface area contributed by atoms with E-state index in [2.05, 4.69) is 62.6 Å². The molecule has 33 heavy (non-hydrogen) atoms. The highest BCUT2D eigenvalue weighted by molar-refractivity contribution is 5.82. The fraction of sp³-hybridized carbons (Fsp3) is 0.483. The van der Waals surface area contributed by atoms with Crippen molar-refractivity contribution in [3.8, 4) is 5.75 Å². The molecule has 0 saturated heterocycles. The van der Waals surface area contributed by atoms with Crippen LogP contribution in [0.25, 0.3) is 6.08 Å². The Labute approximate surface area is 200 Å². The van der Waals surface area contributed by atoms with E-state index in [4.69, 9.17) is 0 Å². The van der Waals surface area contributed by atoms with Crippen molar-refractivity contribution < 1.29 is 9.90 Å². The second-order valence-corrected chi connectivity index (χ2v) is 9.59. The molecule has 1 amide bonds. The molecule has 0 aliphatic carbocycles. The van der Waals surface area contributed by atoms with Gasteiger partial charge in [-0.15, -0.1) is 0 Å². The molecule has 0 aromatic heterocycles. The van der Waals surface area contributed by atoms with Gasteiger partial charge in [0.25, 0.3) is 0 Å². The summed E-state index contributed by atoms with van der Waals surface area (Å²) in [5, 5.41) is 16.4. The molecule has 0 unspecified atom stereocenters. The van der Waals surface area contributed by atoms with Crippen LogP contribution in [0.1, 0.15) is 64.5 Å². The number of nitrogens with one attached hydrogen (secondary N) is 2. The van der Waals surface area contributed by atoms with Gasteiger partial charge in [0, 0.05) is 6.04 Å². The van der Waals surface area contributed by atoms with Gasteiger partial charge in [0.1, 0.15) is 5.75 Å². The van der Waals surface area contributed by atoms with Crippen LogP contribution in [0, 0.1) is 11.8 Å². The zero-order valence-electron chi connectivity index (χ0n) is 20.8. The molecule has 0 aliphatic rings. The molecule has 4 heteroatoms. The van der Waals surface area contributed by atoms with Gasteiger partial charge in [0.15, 0.2) is 0 Å². The maximum absolute atomic E-state index is 13.4. The smallest absolute Gasteiger partial charge is 0.237 e. The summed E-state index contributed by atoms with van der Waals surface area (Å²) in [5.74, 6) is 1.25. The first-order valence-electron chi connectivity index (χ1n) is 12.4. The predicted molar refractivity (Wildman–Crippen MR) is 139 cm³/mol. The summed E-state index contributed by atoms with van der Waals surface area (Å²) in [4.78, 5) is 13.4. The molecular weight excluding hydrogens is 408 g/mol. The lowest BCUT2D eigenvalue weighted by atomic mass is 9.99. The van der Waals surface area contributed by atoms with Crippen LogP contribution >= 0.6 is 0 Å². The fourth-order valence-electron chi connectivity index (χ4n) is 3.89. The summed E-state index contributed by atoms with van der Waals surface area (Å²) in [6.07, 6.45) is 9.21. The number of phenolic OH excluding ortho intramolecular Hbond substituents is 1. The molecule has 0 fully saturated rings. The van der Waals surface area contributed by atoms with Crippen LogP contribution in [-0.2, 0) is 11.2 Å². The minimum absolute atomic E-state index is 0.0223. The van der Waals surface area contributed by atoms with Crippen LogP contribution < -0.4 is 10.6 Å². The minimum atomic E-state index is -0.321. The number of benzene rings is 2. The van der Waals surface area contributed by atoms with Crippen molar-refractivity contribution >= 4 is 12.0 Å². The Morgan fingerprint density at radius 1 is 1.03 bits per heavy atom. The maximum atomic E-state index is 13.4. The highest BCUT2D eigenvalue weighted by atomic mass is 16.3. The molecule has 180 valence electrons. The first-order chi connectivity index (χ1) is 15.9. The maximum Gasteiger partial charge on any atom is 0.237 e.